The summed E-state index contributed by atoms with van der Waals surface area (Å²) < 4.78 is 1.21. The van der Waals surface area contributed by atoms with E-state index < -0.39 is 0 Å². The van der Waals surface area contributed by atoms with Gasteiger partial charge in [-0.3, -0.25) is 4.79 Å². The van der Waals surface area contributed by atoms with Crippen molar-refractivity contribution >= 4 is 43.5 Å². The van der Waals surface area contributed by atoms with Gasteiger partial charge in [0.15, 0.2) is 5.13 Å². The normalized spacial score (nSPS) is 14.1. The second-order valence-corrected chi connectivity index (χ2v) is 9.69. The third-order valence-electron chi connectivity index (χ3n) is 6.39. The van der Waals surface area contributed by atoms with E-state index in [1.807, 2.05) is 65.6 Å². The zero-order valence-corrected chi connectivity index (χ0v) is 19.8. The van der Waals surface area contributed by atoms with Crippen molar-refractivity contribution in [3.8, 4) is 11.3 Å². The highest BCUT2D eigenvalue weighted by Gasteiger charge is 2.25. The summed E-state index contributed by atoms with van der Waals surface area (Å²) in [5.74, 6) is 0.0651. The third kappa shape index (κ3) is 3.80. The minimum absolute atomic E-state index is 0.0651. The SMILES string of the molecule is Cc1ccc2nc(N3CCN(C(=O)c4cc(-c5ccccc5)nc5ccccc45)CC3)sc2c1. The monoisotopic (exact) mass is 464 g/mol. The number of aryl methyl sites for hydroxylation is 1. The van der Waals surface area contributed by atoms with Crippen molar-refractivity contribution in [2.45, 2.75) is 6.92 Å². The number of aromatic nitrogens is 2. The predicted molar refractivity (Wildman–Crippen MR) is 140 cm³/mol. The van der Waals surface area contributed by atoms with E-state index in [1.165, 1.54) is 10.3 Å². The Balaban J connectivity index is 1.27. The highest BCUT2D eigenvalue weighted by Crippen LogP contribution is 2.31. The fraction of sp³-hybridized carbons (Fsp3) is 0.179. The highest BCUT2D eigenvalue weighted by molar-refractivity contribution is 7.22. The molecule has 1 aliphatic rings. The molecule has 168 valence electrons. The molecule has 0 radical (unpaired) electrons. The number of benzene rings is 3. The molecule has 1 aliphatic heterocycles. The van der Waals surface area contributed by atoms with Gasteiger partial charge in [0, 0.05) is 37.1 Å². The van der Waals surface area contributed by atoms with Gasteiger partial charge < -0.3 is 9.80 Å². The van der Waals surface area contributed by atoms with Crippen LogP contribution in [0.1, 0.15) is 15.9 Å². The first-order chi connectivity index (χ1) is 16.7. The molecule has 0 saturated carbocycles. The Morgan fingerprint density at radius 1 is 0.824 bits per heavy atom. The van der Waals surface area contributed by atoms with Gasteiger partial charge in [0.2, 0.25) is 0 Å². The van der Waals surface area contributed by atoms with E-state index in [0.29, 0.717) is 18.7 Å². The first kappa shape index (κ1) is 20.8. The molecular weight excluding hydrogens is 440 g/mol. The van der Waals surface area contributed by atoms with Gasteiger partial charge in [0.1, 0.15) is 0 Å². The summed E-state index contributed by atoms with van der Waals surface area (Å²) in [6.45, 7) is 5.00. The Morgan fingerprint density at radius 2 is 1.59 bits per heavy atom. The summed E-state index contributed by atoms with van der Waals surface area (Å²) in [6, 6.07) is 26.3. The minimum Gasteiger partial charge on any atom is -0.345 e. The van der Waals surface area contributed by atoms with Crippen LogP contribution < -0.4 is 4.90 Å². The zero-order chi connectivity index (χ0) is 23.1. The zero-order valence-electron chi connectivity index (χ0n) is 18.9. The van der Waals surface area contributed by atoms with E-state index in [9.17, 15) is 4.79 Å². The van der Waals surface area contributed by atoms with E-state index in [2.05, 4.69) is 30.0 Å². The van der Waals surface area contributed by atoms with E-state index in [0.717, 1.165) is 45.9 Å². The molecule has 0 unspecified atom stereocenters. The number of hydrogen-bond acceptors (Lipinski definition) is 5. The maximum absolute atomic E-state index is 13.7. The van der Waals surface area contributed by atoms with Crippen LogP contribution >= 0.6 is 11.3 Å². The lowest BCUT2D eigenvalue weighted by atomic mass is 10.0. The van der Waals surface area contributed by atoms with Crippen LogP contribution in [-0.2, 0) is 0 Å². The predicted octanol–water partition coefficient (Wildman–Crippen LogP) is 5.78. The van der Waals surface area contributed by atoms with E-state index in [-0.39, 0.29) is 5.91 Å². The lowest BCUT2D eigenvalue weighted by Crippen LogP contribution is -2.48. The van der Waals surface area contributed by atoms with Crippen molar-refractivity contribution in [2.75, 3.05) is 31.1 Å². The van der Waals surface area contributed by atoms with E-state index in [4.69, 9.17) is 9.97 Å². The molecule has 0 atom stereocenters. The fourth-order valence-electron chi connectivity index (χ4n) is 4.54. The first-order valence-corrected chi connectivity index (χ1v) is 12.3. The molecule has 5 nitrogen and oxygen atoms in total. The Hall–Kier alpha value is -3.77. The number of nitrogens with zero attached hydrogens (tertiary/aromatic N) is 4. The van der Waals surface area contributed by atoms with Crippen molar-refractivity contribution in [2.24, 2.45) is 0 Å². The molecule has 1 fully saturated rings. The number of hydrogen-bond donors (Lipinski definition) is 0. The third-order valence-corrected chi connectivity index (χ3v) is 7.47. The van der Waals surface area contributed by atoms with Crippen LogP contribution in [0.4, 0.5) is 5.13 Å². The van der Waals surface area contributed by atoms with Crippen LogP contribution in [0, 0.1) is 6.92 Å². The molecular formula is C28H24N4OS. The topological polar surface area (TPSA) is 49.3 Å². The van der Waals surface area contributed by atoms with Crippen molar-refractivity contribution in [1.29, 1.82) is 0 Å². The maximum Gasteiger partial charge on any atom is 0.254 e. The van der Waals surface area contributed by atoms with Crippen molar-refractivity contribution < 1.29 is 4.79 Å². The number of carbonyl (C=O) groups excluding carboxylic acids is 1. The van der Waals surface area contributed by atoms with Crippen LogP contribution in [0.25, 0.3) is 32.4 Å². The lowest BCUT2D eigenvalue weighted by Gasteiger charge is -2.34. The molecule has 3 aromatic carbocycles. The maximum atomic E-state index is 13.7. The number of amides is 1. The summed E-state index contributed by atoms with van der Waals surface area (Å²) in [5, 5.41) is 1.93. The highest BCUT2D eigenvalue weighted by atomic mass is 32.1. The molecule has 1 saturated heterocycles. The number of carbonyl (C=O) groups is 1. The molecule has 6 rings (SSSR count). The van der Waals surface area contributed by atoms with Crippen molar-refractivity contribution in [3.63, 3.8) is 0 Å². The molecule has 1 amide bonds. The summed E-state index contributed by atoms with van der Waals surface area (Å²) in [4.78, 5) is 27.6. The molecule has 6 heteroatoms. The molecule has 0 bridgehead atoms. The Labute approximate surface area is 202 Å². The number of rotatable bonds is 3. The first-order valence-electron chi connectivity index (χ1n) is 11.5. The van der Waals surface area contributed by atoms with Gasteiger partial charge in [-0.2, -0.15) is 0 Å². The number of piperazine rings is 1. The number of pyridine rings is 1. The second-order valence-electron chi connectivity index (χ2n) is 8.69. The van der Waals surface area contributed by atoms with Gasteiger partial charge in [-0.25, -0.2) is 9.97 Å². The van der Waals surface area contributed by atoms with Crippen LogP contribution in [0.15, 0.2) is 78.9 Å². The molecule has 5 aromatic rings. The quantitative estimate of drug-likeness (QED) is 0.339. The van der Waals surface area contributed by atoms with Gasteiger partial charge in [-0.15, -0.1) is 0 Å². The number of para-hydroxylation sites is 1. The average molecular weight is 465 g/mol. The molecule has 0 aliphatic carbocycles. The standard InChI is InChI=1S/C28H24N4OS/c1-19-11-12-24-26(17-19)34-28(30-24)32-15-13-31(14-16-32)27(33)22-18-25(20-7-3-2-4-8-20)29-23-10-6-5-9-21(22)23/h2-12,17-18H,13-16H2,1H3. The van der Waals surface area contributed by atoms with Gasteiger partial charge in [-0.1, -0.05) is 65.9 Å². The van der Waals surface area contributed by atoms with Crippen LogP contribution in [0.2, 0.25) is 0 Å². The molecule has 0 spiro atoms. The smallest absolute Gasteiger partial charge is 0.254 e. The van der Waals surface area contributed by atoms with Gasteiger partial charge in [-0.05, 0) is 36.8 Å². The Morgan fingerprint density at radius 3 is 2.41 bits per heavy atom. The van der Waals surface area contributed by atoms with Crippen LogP contribution in [-0.4, -0.2) is 47.0 Å². The van der Waals surface area contributed by atoms with E-state index in [1.54, 1.807) is 11.3 Å². The fourth-order valence-corrected chi connectivity index (χ4v) is 5.65. The Bertz CT molecular complexity index is 1500. The number of thiazole rings is 1. The summed E-state index contributed by atoms with van der Waals surface area (Å²) >= 11 is 1.73. The van der Waals surface area contributed by atoms with Gasteiger partial charge >= 0.3 is 0 Å². The van der Waals surface area contributed by atoms with Crippen molar-refractivity contribution in [1.82, 2.24) is 14.9 Å². The number of anilines is 1. The van der Waals surface area contributed by atoms with Gasteiger partial charge in [0.25, 0.3) is 5.91 Å². The minimum atomic E-state index is 0.0651. The molecule has 3 heterocycles. The second kappa shape index (κ2) is 8.54. The summed E-state index contributed by atoms with van der Waals surface area (Å²) in [6.07, 6.45) is 0. The van der Waals surface area contributed by atoms with Gasteiger partial charge in [0.05, 0.1) is 27.0 Å². The molecule has 2 aromatic heterocycles. The largest absolute Gasteiger partial charge is 0.345 e. The van der Waals surface area contributed by atoms with Crippen LogP contribution in [0.5, 0.6) is 0 Å². The van der Waals surface area contributed by atoms with E-state index >= 15 is 0 Å². The lowest BCUT2D eigenvalue weighted by molar-refractivity contribution is 0.0748. The van der Waals surface area contributed by atoms with Crippen molar-refractivity contribution in [3.05, 3.63) is 90.0 Å². The summed E-state index contributed by atoms with van der Waals surface area (Å²) in [7, 11) is 0. The molecule has 0 N–H and O–H groups in total. The number of fused-ring (bicyclic) bond motifs is 2. The Kier molecular flexibility index (Phi) is 5.23. The molecule has 34 heavy (non-hydrogen) atoms. The average Bonchev–Trinajstić information content (AvgIpc) is 3.31. The van der Waals surface area contributed by atoms with Crippen LogP contribution in [0.3, 0.4) is 0 Å². The summed E-state index contributed by atoms with van der Waals surface area (Å²) in [5.41, 5.74) is 5.69.